The molecule has 5 rings (SSSR count). The Balaban J connectivity index is 1.65. The molecule has 9 nitrogen and oxygen atoms in total. The number of nitrogen functional groups attached to an aromatic ring is 1. The van der Waals surface area contributed by atoms with E-state index >= 15 is 0 Å². The molecule has 5 aromatic rings. The molecule has 162 valence electrons. The fourth-order valence-corrected chi connectivity index (χ4v) is 4.36. The van der Waals surface area contributed by atoms with Crippen LogP contribution in [0.5, 0.6) is 0 Å². The molecule has 0 radical (unpaired) electrons. The number of fused-ring (bicyclic) bond motifs is 2. The largest absolute Gasteiger partial charge is 0.383 e. The number of H-pyrrole nitrogens is 1. The molecule has 0 saturated heterocycles. The highest BCUT2D eigenvalue weighted by Crippen LogP contribution is 2.39. The quantitative estimate of drug-likeness (QED) is 0.354. The third-order valence-electron chi connectivity index (χ3n) is 5.02. The summed E-state index contributed by atoms with van der Waals surface area (Å²) in [6.45, 7) is 6.09. The van der Waals surface area contributed by atoms with Crippen molar-refractivity contribution in [1.82, 2.24) is 29.7 Å². The number of nitrogens with zero attached hydrogens (tertiary/aromatic N) is 5. The molecular weight excluding hydrogens is 448 g/mol. The highest BCUT2D eigenvalue weighted by atomic mass is 35.5. The molecule has 0 saturated carbocycles. The molecule has 0 atom stereocenters. The lowest BCUT2D eigenvalue weighted by atomic mass is 10.1. The van der Waals surface area contributed by atoms with Crippen LogP contribution in [0.4, 0.5) is 10.9 Å². The van der Waals surface area contributed by atoms with E-state index in [2.05, 4.69) is 25.3 Å². The lowest BCUT2D eigenvalue weighted by Gasteiger charge is -2.19. The van der Waals surface area contributed by atoms with Gasteiger partial charge in [0.1, 0.15) is 17.8 Å². The lowest BCUT2D eigenvalue weighted by molar-refractivity contribution is 0.102. The lowest BCUT2D eigenvalue weighted by Crippen LogP contribution is -2.23. The number of benzene rings is 1. The van der Waals surface area contributed by atoms with Crippen molar-refractivity contribution in [3.05, 3.63) is 46.7 Å². The zero-order valence-electron chi connectivity index (χ0n) is 17.5. The number of anilines is 2. The first-order valence-electron chi connectivity index (χ1n) is 9.76. The Bertz CT molecular complexity index is 1480. The van der Waals surface area contributed by atoms with Crippen LogP contribution in [0.15, 0.2) is 36.1 Å². The van der Waals surface area contributed by atoms with E-state index in [4.69, 9.17) is 22.4 Å². The predicted molar refractivity (Wildman–Crippen MR) is 127 cm³/mol. The van der Waals surface area contributed by atoms with Gasteiger partial charge < -0.3 is 10.7 Å². The van der Waals surface area contributed by atoms with E-state index in [0.717, 1.165) is 5.39 Å². The van der Waals surface area contributed by atoms with Crippen molar-refractivity contribution in [2.24, 2.45) is 0 Å². The second kappa shape index (κ2) is 7.28. The van der Waals surface area contributed by atoms with Crippen molar-refractivity contribution in [2.45, 2.75) is 26.3 Å². The standard InChI is InChI=1S/C21H19ClN8OS/c1-21(2,3)30-18-13(17(23)25-9-26-18)15(29-30)16-14(22)11-5-4-10(8-12(11)27-16)19(31)28-20-24-6-7-32-20/h4-9,27H,1-3H3,(H2,23,25,26)(H,24,28,31). The van der Waals surface area contributed by atoms with E-state index < -0.39 is 0 Å². The number of rotatable bonds is 3. The van der Waals surface area contributed by atoms with Crippen LogP contribution in [0.2, 0.25) is 5.02 Å². The van der Waals surface area contributed by atoms with Crippen molar-refractivity contribution < 1.29 is 4.79 Å². The van der Waals surface area contributed by atoms with Gasteiger partial charge in [0.25, 0.3) is 5.91 Å². The first-order valence-corrected chi connectivity index (χ1v) is 11.0. The number of thiazole rings is 1. The van der Waals surface area contributed by atoms with E-state index in [1.54, 1.807) is 29.8 Å². The normalized spacial score (nSPS) is 12.0. The van der Waals surface area contributed by atoms with Crippen molar-refractivity contribution in [3.63, 3.8) is 0 Å². The van der Waals surface area contributed by atoms with Crippen molar-refractivity contribution in [3.8, 4) is 11.4 Å². The molecular formula is C21H19ClN8OS. The van der Waals surface area contributed by atoms with Gasteiger partial charge in [-0.15, -0.1) is 11.3 Å². The average Bonchev–Trinajstić information content (AvgIpc) is 3.45. The first kappa shape index (κ1) is 20.4. The fourth-order valence-electron chi connectivity index (χ4n) is 3.54. The van der Waals surface area contributed by atoms with Gasteiger partial charge in [-0.25, -0.2) is 19.6 Å². The third-order valence-corrected chi connectivity index (χ3v) is 6.10. The smallest absolute Gasteiger partial charge is 0.257 e. The van der Waals surface area contributed by atoms with E-state index in [1.165, 1.54) is 17.7 Å². The van der Waals surface area contributed by atoms with Crippen LogP contribution in [0.25, 0.3) is 33.3 Å². The Morgan fingerprint density at radius 3 is 2.78 bits per heavy atom. The summed E-state index contributed by atoms with van der Waals surface area (Å²) in [5.74, 6) is 0.0629. The molecule has 0 spiro atoms. The molecule has 11 heteroatoms. The average molecular weight is 467 g/mol. The molecule has 1 aromatic carbocycles. The molecule has 1 amide bonds. The molecule has 0 unspecified atom stereocenters. The number of halogens is 1. The number of hydrogen-bond acceptors (Lipinski definition) is 7. The summed E-state index contributed by atoms with van der Waals surface area (Å²) in [4.78, 5) is 28.6. The zero-order chi connectivity index (χ0) is 22.6. The van der Waals surface area contributed by atoms with E-state index in [9.17, 15) is 4.79 Å². The Morgan fingerprint density at radius 1 is 1.25 bits per heavy atom. The summed E-state index contributed by atoms with van der Waals surface area (Å²) in [6, 6.07) is 5.27. The Hall–Kier alpha value is -3.50. The predicted octanol–water partition coefficient (Wildman–Crippen LogP) is 4.67. The van der Waals surface area contributed by atoms with Crippen LogP contribution < -0.4 is 11.1 Å². The summed E-state index contributed by atoms with van der Waals surface area (Å²) in [6.07, 6.45) is 3.06. The van der Waals surface area contributed by atoms with Gasteiger partial charge in [-0.2, -0.15) is 5.10 Å². The Labute approximate surface area is 191 Å². The molecule has 4 heterocycles. The molecule has 0 aliphatic rings. The molecule has 0 fully saturated rings. The number of hydrogen-bond donors (Lipinski definition) is 3. The first-order chi connectivity index (χ1) is 15.2. The molecule has 4 aromatic heterocycles. The van der Waals surface area contributed by atoms with Crippen LogP contribution in [-0.2, 0) is 5.54 Å². The van der Waals surface area contributed by atoms with Crippen LogP contribution in [-0.4, -0.2) is 35.6 Å². The number of aromatic nitrogens is 6. The topological polar surface area (TPSA) is 127 Å². The molecule has 0 aliphatic heterocycles. The van der Waals surface area contributed by atoms with Crippen LogP contribution in [0.1, 0.15) is 31.1 Å². The van der Waals surface area contributed by atoms with Crippen molar-refractivity contribution in [2.75, 3.05) is 11.1 Å². The van der Waals surface area contributed by atoms with Gasteiger partial charge in [-0.1, -0.05) is 17.7 Å². The van der Waals surface area contributed by atoms with Crippen molar-refractivity contribution >= 4 is 61.7 Å². The van der Waals surface area contributed by atoms with Crippen molar-refractivity contribution in [1.29, 1.82) is 0 Å². The number of carbonyl (C=O) groups excluding carboxylic acids is 1. The molecule has 0 aliphatic carbocycles. The summed E-state index contributed by atoms with van der Waals surface area (Å²) in [5, 5.41) is 11.8. The van der Waals surface area contributed by atoms with E-state index in [-0.39, 0.29) is 11.4 Å². The third kappa shape index (κ3) is 3.28. The van der Waals surface area contributed by atoms with Gasteiger partial charge in [-0.3, -0.25) is 10.1 Å². The van der Waals surface area contributed by atoms with E-state index in [1.807, 2.05) is 25.5 Å². The van der Waals surface area contributed by atoms with Gasteiger partial charge in [0.2, 0.25) is 0 Å². The minimum Gasteiger partial charge on any atom is -0.383 e. The molecule has 4 N–H and O–H groups in total. The molecule has 0 bridgehead atoms. The Kier molecular flexibility index (Phi) is 4.64. The van der Waals surface area contributed by atoms with E-state index in [0.29, 0.717) is 49.5 Å². The minimum atomic E-state index is -0.336. The number of carbonyl (C=O) groups is 1. The van der Waals surface area contributed by atoms with Crippen LogP contribution in [0.3, 0.4) is 0 Å². The van der Waals surface area contributed by atoms with Gasteiger partial charge in [0.05, 0.1) is 21.6 Å². The summed E-state index contributed by atoms with van der Waals surface area (Å²) in [7, 11) is 0. The maximum absolute atomic E-state index is 12.6. The van der Waals surface area contributed by atoms with Gasteiger partial charge in [0, 0.05) is 28.0 Å². The van der Waals surface area contributed by atoms with Gasteiger partial charge >= 0.3 is 0 Å². The zero-order valence-corrected chi connectivity index (χ0v) is 19.0. The highest BCUT2D eigenvalue weighted by molar-refractivity contribution is 7.13. The fraction of sp³-hybridized carbons (Fsp3) is 0.190. The monoisotopic (exact) mass is 466 g/mol. The van der Waals surface area contributed by atoms with Crippen LogP contribution >= 0.6 is 22.9 Å². The number of nitrogens with two attached hydrogens (primary N) is 1. The second-order valence-corrected chi connectivity index (χ2v) is 9.53. The second-order valence-electron chi connectivity index (χ2n) is 8.25. The number of nitrogens with one attached hydrogen (secondary N) is 2. The summed E-state index contributed by atoms with van der Waals surface area (Å²) >= 11 is 8.10. The number of aromatic amines is 1. The minimum absolute atomic E-state index is 0.255. The SMILES string of the molecule is CC(C)(C)n1nc(-c2[nH]c3cc(C(=O)Nc4nccs4)ccc3c2Cl)c2c(N)ncnc21. The maximum Gasteiger partial charge on any atom is 0.257 e. The summed E-state index contributed by atoms with van der Waals surface area (Å²) < 4.78 is 1.81. The number of amides is 1. The molecule has 32 heavy (non-hydrogen) atoms. The maximum atomic E-state index is 12.6. The Morgan fingerprint density at radius 2 is 2.06 bits per heavy atom. The van der Waals surface area contributed by atoms with Crippen LogP contribution in [0, 0.1) is 0 Å². The highest BCUT2D eigenvalue weighted by Gasteiger charge is 2.26. The van der Waals surface area contributed by atoms with Gasteiger partial charge in [-0.05, 0) is 32.9 Å². The van der Waals surface area contributed by atoms with Gasteiger partial charge in [0.15, 0.2) is 10.8 Å². The summed E-state index contributed by atoms with van der Waals surface area (Å²) in [5.41, 5.74) is 8.82.